The Kier molecular flexibility index (Phi) is 5.11. The summed E-state index contributed by atoms with van der Waals surface area (Å²) in [6, 6.07) is 8.90. The smallest absolute Gasteiger partial charge is 0.242 e. The van der Waals surface area contributed by atoms with Crippen molar-refractivity contribution in [3.05, 3.63) is 67.6 Å². The number of nitrogens with two attached hydrogens (primary N) is 2. The first-order chi connectivity index (χ1) is 10.7. The monoisotopic (exact) mass is 390 g/mol. The first-order valence-electron chi connectivity index (χ1n) is 6.23. The molecule has 0 unspecified atom stereocenters. The third-order valence-electron chi connectivity index (χ3n) is 3.45. The molecule has 0 bridgehead atoms. The van der Waals surface area contributed by atoms with Crippen LogP contribution in [0.4, 0.5) is 0 Å². The summed E-state index contributed by atoms with van der Waals surface area (Å²) in [6.45, 7) is 0. The summed E-state index contributed by atoms with van der Waals surface area (Å²) in [6.07, 6.45) is 0. The lowest BCUT2D eigenvalue weighted by Gasteiger charge is -2.30. The van der Waals surface area contributed by atoms with Crippen LogP contribution in [-0.2, 0) is 15.0 Å². The zero-order valence-corrected chi connectivity index (χ0v) is 14.5. The van der Waals surface area contributed by atoms with E-state index in [1.54, 1.807) is 0 Å². The third kappa shape index (κ3) is 2.76. The zero-order valence-electron chi connectivity index (χ0n) is 11.4. The molecule has 120 valence electrons. The van der Waals surface area contributed by atoms with Gasteiger partial charge in [-0.2, -0.15) is 0 Å². The topological polar surface area (TPSA) is 86.2 Å². The molecule has 2 amide bonds. The van der Waals surface area contributed by atoms with Gasteiger partial charge in [-0.3, -0.25) is 9.59 Å². The first-order valence-corrected chi connectivity index (χ1v) is 7.74. The van der Waals surface area contributed by atoms with E-state index in [1.807, 2.05) is 0 Å². The molecule has 0 spiro atoms. The number of hydrogen-bond donors (Lipinski definition) is 2. The molecule has 0 heterocycles. The fourth-order valence-corrected chi connectivity index (χ4v) is 3.27. The highest BCUT2D eigenvalue weighted by molar-refractivity contribution is 6.44. The van der Waals surface area contributed by atoms with E-state index in [2.05, 4.69) is 0 Å². The minimum atomic E-state index is -2.11. The van der Waals surface area contributed by atoms with Gasteiger partial charge in [-0.25, -0.2) is 0 Å². The molecule has 0 saturated heterocycles. The summed E-state index contributed by atoms with van der Waals surface area (Å²) in [5.41, 5.74) is 9.03. The Morgan fingerprint density at radius 1 is 0.739 bits per heavy atom. The quantitative estimate of drug-likeness (QED) is 0.780. The number of rotatable bonds is 4. The molecule has 4 N–H and O–H groups in total. The van der Waals surface area contributed by atoms with Crippen LogP contribution in [0.5, 0.6) is 0 Å². The number of hydrogen-bond acceptors (Lipinski definition) is 2. The number of halogens is 4. The average Bonchev–Trinajstić information content (AvgIpc) is 2.47. The Hall–Kier alpha value is -1.46. The van der Waals surface area contributed by atoms with Gasteiger partial charge in [0.25, 0.3) is 0 Å². The van der Waals surface area contributed by atoms with Crippen molar-refractivity contribution < 1.29 is 9.59 Å². The second-order valence-corrected chi connectivity index (χ2v) is 6.25. The van der Waals surface area contributed by atoms with E-state index in [9.17, 15) is 9.59 Å². The average molecular weight is 392 g/mol. The summed E-state index contributed by atoms with van der Waals surface area (Å²) < 4.78 is 0. The van der Waals surface area contributed by atoms with Crippen LogP contribution in [-0.4, -0.2) is 11.8 Å². The second-order valence-electron chi connectivity index (χ2n) is 4.68. The number of carbonyl (C=O) groups excluding carboxylic acids is 2. The van der Waals surface area contributed by atoms with Crippen LogP contribution in [0.15, 0.2) is 36.4 Å². The predicted molar refractivity (Wildman–Crippen MR) is 92.1 cm³/mol. The van der Waals surface area contributed by atoms with Gasteiger partial charge in [0.15, 0.2) is 5.41 Å². The predicted octanol–water partition coefficient (Wildman–Crippen LogP) is 3.56. The molecule has 0 aliphatic carbocycles. The molecule has 0 fully saturated rings. The first kappa shape index (κ1) is 17.9. The maximum Gasteiger partial charge on any atom is 0.242 e. The normalized spacial score (nSPS) is 11.3. The summed E-state index contributed by atoms with van der Waals surface area (Å²) >= 11 is 24.4. The van der Waals surface area contributed by atoms with Crippen molar-refractivity contribution in [3.63, 3.8) is 0 Å². The van der Waals surface area contributed by atoms with E-state index in [1.165, 1.54) is 36.4 Å². The second kappa shape index (κ2) is 6.57. The summed E-state index contributed by atoms with van der Waals surface area (Å²) in [5, 5.41) is 0.217. The van der Waals surface area contributed by atoms with Crippen molar-refractivity contribution in [1.82, 2.24) is 0 Å². The van der Waals surface area contributed by atoms with Crippen LogP contribution in [0.3, 0.4) is 0 Å². The lowest BCUT2D eigenvalue weighted by atomic mass is 9.73. The SMILES string of the molecule is NC(=O)C(C(N)=O)(c1cccc(Cl)c1Cl)c1cccc(Cl)c1Cl. The van der Waals surface area contributed by atoms with Crippen molar-refractivity contribution in [2.75, 3.05) is 0 Å². The molecule has 0 atom stereocenters. The molecule has 23 heavy (non-hydrogen) atoms. The van der Waals surface area contributed by atoms with Gasteiger partial charge < -0.3 is 11.5 Å². The van der Waals surface area contributed by atoms with E-state index < -0.39 is 17.2 Å². The van der Waals surface area contributed by atoms with Gasteiger partial charge in [0.2, 0.25) is 11.8 Å². The maximum atomic E-state index is 12.3. The summed E-state index contributed by atoms with van der Waals surface area (Å²) in [5.74, 6) is -2.09. The molecule has 0 aromatic heterocycles. The highest BCUT2D eigenvalue weighted by Crippen LogP contribution is 2.43. The Morgan fingerprint density at radius 2 is 1.09 bits per heavy atom. The van der Waals surface area contributed by atoms with Gasteiger partial charge in [-0.15, -0.1) is 0 Å². The number of carbonyl (C=O) groups is 2. The van der Waals surface area contributed by atoms with Gasteiger partial charge >= 0.3 is 0 Å². The van der Waals surface area contributed by atoms with Gasteiger partial charge in [-0.05, 0) is 12.1 Å². The van der Waals surface area contributed by atoms with E-state index in [4.69, 9.17) is 57.9 Å². The molecule has 4 nitrogen and oxygen atoms in total. The highest BCUT2D eigenvalue weighted by Gasteiger charge is 2.49. The number of amides is 2. The van der Waals surface area contributed by atoms with Gasteiger partial charge in [0.1, 0.15) is 0 Å². The molecule has 0 saturated carbocycles. The Balaban J connectivity index is 2.98. The van der Waals surface area contributed by atoms with Crippen molar-refractivity contribution >= 4 is 58.2 Å². The fourth-order valence-electron chi connectivity index (χ4n) is 2.38. The standard InChI is InChI=1S/C15H10Cl4N2O2/c16-9-5-1-3-7(11(9)18)15(13(20)22,14(21)23)8-4-2-6-10(17)12(8)19/h1-6H,(H2,20,22)(H2,21,23). The minimum Gasteiger partial charge on any atom is -0.368 e. The van der Waals surface area contributed by atoms with Gasteiger partial charge in [0.05, 0.1) is 20.1 Å². The molecular formula is C15H10Cl4N2O2. The van der Waals surface area contributed by atoms with E-state index in [0.717, 1.165) is 0 Å². The minimum absolute atomic E-state index is 0.0252. The Bertz CT molecular complexity index is 741. The number of primary amides is 2. The van der Waals surface area contributed by atoms with Crippen LogP contribution in [0.1, 0.15) is 11.1 Å². The summed E-state index contributed by atoms with van der Waals surface area (Å²) in [7, 11) is 0. The lowest BCUT2D eigenvalue weighted by Crippen LogP contribution is -2.52. The molecule has 2 rings (SSSR count). The third-order valence-corrected chi connectivity index (χ3v) is 5.09. The largest absolute Gasteiger partial charge is 0.368 e. The van der Waals surface area contributed by atoms with Crippen LogP contribution in [0.25, 0.3) is 0 Å². The van der Waals surface area contributed by atoms with Crippen LogP contribution in [0, 0.1) is 0 Å². The molecule has 8 heteroatoms. The zero-order chi connectivity index (χ0) is 17.4. The maximum absolute atomic E-state index is 12.3. The van der Waals surface area contributed by atoms with E-state index in [0.29, 0.717) is 0 Å². The number of benzene rings is 2. The Morgan fingerprint density at radius 3 is 1.39 bits per heavy atom. The van der Waals surface area contributed by atoms with Crippen molar-refractivity contribution in [1.29, 1.82) is 0 Å². The van der Waals surface area contributed by atoms with Crippen molar-refractivity contribution in [2.45, 2.75) is 5.41 Å². The van der Waals surface area contributed by atoms with Gasteiger partial charge in [-0.1, -0.05) is 70.7 Å². The van der Waals surface area contributed by atoms with Crippen LogP contribution < -0.4 is 11.5 Å². The van der Waals surface area contributed by atoms with Crippen molar-refractivity contribution in [2.24, 2.45) is 11.5 Å². The lowest BCUT2D eigenvalue weighted by molar-refractivity contribution is -0.132. The molecule has 2 aromatic carbocycles. The van der Waals surface area contributed by atoms with Gasteiger partial charge in [0, 0.05) is 11.1 Å². The molecule has 2 aromatic rings. The fraction of sp³-hybridized carbons (Fsp3) is 0.0667. The summed E-state index contributed by atoms with van der Waals surface area (Å²) in [4.78, 5) is 24.6. The van der Waals surface area contributed by atoms with Crippen LogP contribution >= 0.6 is 46.4 Å². The van der Waals surface area contributed by atoms with E-state index >= 15 is 0 Å². The van der Waals surface area contributed by atoms with E-state index in [-0.39, 0.29) is 31.2 Å². The Labute approximate surface area is 152 Å². The molecular weight excluding hydrogens is 382 g/mol. The van der Waals surface area contributed by atoms with Crippen LogP contribution in [0.2, 0.25) is 20.1 Å². The molecule has 0 radical (unpaired) electrons. The molecule has 0 aliphatic heterocycles. The molecule has 0 aliphatic rings. The highest BCUT2D eigenvalue weighted by atomic mass is 35.5. The van der Waals surface area contributed by atoms with Crippen molar-refractivity contribution in [3.8, 4) is 0 Å².